The number of unbranched alkanes of at least 4 members (excludes halogenated alkanes) is 3. The van der Waals surface area contributed by atoms with Gasteiger partial charge in [0.15, 0.2) is 0 Å². The standard InChI is InChI=1S/C13H27NO/c1-14(11-7-2-3-8-12-15)13-9-5-4-6-10-13/h13,15H,2-12H2,1H3. The normalized spacial score (nSPS) is 18.6. The first-order chi connectivity index (χ1) is 7.34. The van der Waals surface area contributed by atoms with Gasteiger partial charge < -0.3 is 10.0 Å². The smallest absolute Gasteiger partial charge is 0.0431 e. The van der Waals surface area contributed by atoms with Crippen LogP contribution >= 0.6 is 0 Å². The summed E-state index contributed by atoms with van der Waals surface area (Å²) >= 11 is 0. The van der Waals surface area contributed by atoms with Crippen LogP contribution in [0, 0.1) is 0 Å². The van der Waals surface area contributed by atoms with Crippen LogP contribution in [0.4, 0.5) is 0 Å². The molecule has 0 spiro atoms. The van der Waals surface area contributed by atoms with Gasteiger partial charge in [-0.15, -0.1) is 0 Å². The fraction of sp³-hybridized carbons (Fsp3) is 1.00. The van der Waals surface area contributed by atoms with Crippen LogP contribution in [0.1, 0.15) is 57.8 Å². The van der Waals surface area contributed by atoms with E-state index in [1.54, 1.807) is 0 Å². The summed E-state index contributed by atoms with van der Waals surface area (Å²) in [5.74, 6) is 0. The minimum atomic E-state index is 0.360. The molecular weight excluding hydrogens is 186 g/mol. The molecule has 1 rings (SSSR count). The molecule has 0 radical (unpaired) electrons. The van der Waals surface area contributed by atoms with Gasteiger partial charge in [0.25, 0.3) is 0 Å². The van der Waals surface area contributed by atoms with E-state index in [1.807, 2.05) is 0 Å². The Morgan fingerprint density at radius 1 is 1.00 bits per heavy atom. The van der Waals surface area contributed by atoms with Crippen LogP contribution in [0.5, 0.6) is 0 Å². The van der Waals surface area contributed by atoms with Gasteiger partial charge in [-0.25, -0.2) is 0 Å². The lowest BCUT2D eigenvalue weighted by atomic mass is 9.94. The van der Waals surface area contributed by atoms with Gasteiger partial charge in [0.05, 0.1) is 0 Å². The second-order valence-corrected chi connectivity index (χ2v) is 4.91. The van der Waals surface area contributed by atoms with Gasteiger partial charge in [-0.1, -0.05) is 32.1 Å². The lowest BCUT2D eigenvalue weighted by molar-refractivity contribution is 0.187. The first-order valence-electron chi connectivity index (χ1n) is 6.65. The minimum absolute atomic E-state index is 0.360. The fourth-order valence-corrected chi connectivity index (χ4v) is 2.53. The van der Waals surface area contributed by atoms with Gasteiger partial charge in [-0.3, -0.25) is 0 Å². The molecule has 0 aromatic rings. The second-order valence-electron chi connectivity index (χ2n) is 4.91. The zero-order chi connectivity index (χ0) is 10.9. The van der Waals surface area contributed by atoms with Crippen LogP contribution in [0.3, 0.4) is 0 Å². The first kappa shape index (κ1) is 13.0. The van der Waals surface area contributed by atoms with Crippen molar-refractivity contribution >= 4 is 0 Å². The Balaban J connectivity index is 1.99. The molecule has 90 valence electrons. The highest BCUT2D eigenvalue weighted by Crippen LogP contribution is 2.21. The largest absolute Gasteiger partial charge is 0.396 e. The Bertz CT molecular complexity index is 143. The van der Waals surface area contributed by atoms with E-state index in [0.29, 0.717) is 6.61 Å². The zero-order valence-electron chi connectivity index (χ0n) is 10.2. The van der Waals surface area contributed by atoms with Gasteiger partial charge >= 0.3 is 0 Å². The Hall–Kier alpha value is -0.0800. The van der Waals surface area contributed by atoms with E-state index in [-0.39, 0.29) is 0 Å². The Morgan fingerprint density at radius 3 is 2.33 bits per heavy atom. The maximum atomic E-state index is 8.67. The summed E-state index contributed by atoms with van der Waals surface area (Å²) in [6.45, 7) is 1.61. The summed E-state index contributed by atoms with van der Waals surface area (Å²) in [4.78, 5) is 2.55. The van der Waals surface area contributed by atoms with Gasteiger partial charge in [0, 0.05) is 12.6 Å². The van der Waals surface area contributed by atoms with E-state index in [2.05, 4.69) is 11.9 Å². The van der Waals surface area contributed by atoms with Crippen molar-refractivity contribution in [2.45, 2.75) is 63.8 Å². The van der Waals surface area contributed by atoms with Gasteiger partial charge in [-0.2, -0.15) is 0 Å². The third-order valence-electron chi connectivity index (χ3n) is 3.62. The van der Waals surface area contributed by atoms with E-state index in [1.165, 1.54) is 57.9 Å². The van der Waals surface area contributed by atoms with Crippen molar-refractivity contribution in [2.24, 2.45) is 0 Å². The lowest BCUT2D eigenvalue weighted by Crippen LogP contribution is -2.34. The van der Waals surface area contributed by atoms with Gasteiger partial charge in [0.2, 0.25) is 0 Å². The van der Waals surface area contributed by atoms with E-state index in [4.69, 9.17) is 5.11 Å². The van der Waals surface area contributed by atoms with Crippen LogP contribution in [-0.4, -0.2) is 36.2 Å². The molecule has 1 fully saturated rings. The van der Waals surface area contributed by atoms with E-state index < -0.39 is 0 Å². The second kappa shape index (κ2) is 8.12. The van der Waals surface area contributed by atoms with Crippen molar-refractivity contribution in [3.63, 3.8) is 0 Å². The SMILES string of the molecule is CN(CCCCCCO)C1CCCCC1. The number of hydrogen-bond donors (Lipinski definition) is 1. The molecule has 0 aliphatic heterocycles. The molecule has 0 aromatic heterocycles. The molecule has 0 heterocycles. The third-order valence-corrected chi connectivity index (χ3v) is 3.62. The van der Waals surface area contributed by atoms with Crippen molar-refractivity contribution < 1.29 is 5.11 Å². The maximum Gasteiger partial charge on any atom is 0.0431 e. The molecule has 1 N–H and O–H groups in total. The van der Waals surface area contributed by atoms with Crippen LogP contribution in [-0.2, 0) is 0 Å². The Labute approximate surface area is 94.7 Å². The molecular formula is C13H27NO. The summed E-state index contributed by atoms with van der Waals surface area (Å²) in [5, 5.41) is 8.67. The monoisotopic (exact) mass is 213 g/mol. The van der Waals surface area contributed by atoms with Crippen LogP contribution in [0.25, 0.3) is 0 Å². The number of hydrogen-bond acceptors (Lipinski definition) is 2. The topological polar surface area (TPSA) is 23.5 Å². The van der Waals surface area contributed by atoms with Crippen LogP contribution in [0.2, 0.25) is 0 Å². The summed E-state index contributed by atoms with van der Waals surface area (Å²) in [6.07, 6.45) is 11.9. The molecule has 0 amide bonds. The summed E-state index contributed by atoms with van der Waals surface area (Å²) < 4.78 is 0. The van der Waals surface area contributed by atoms with Crippen molar-refractivity contribution in [3.8, 4) is 0 Å². The quantitative estimate of drug-likeness (QED) is 0.657. The summed E-state index contributed by atoms with van der Waals surface area (Å²) in [6, 6.07) is 0.858. The van der Waals surface area contributed by atoms with Crippen molar-refractivity contribution in [2.75, 3.05) is 20.2 Å². The summed E-state index contributed by atoms with van der Waals surface area (Å²) in [7, 11) is 2.28. The molecule has 2 heteroatoms. The van der Waals surface area contributed by atoms with Gasteiger partial charge in [-0.05, 0) is 39.3 Å². The number of aliphatic hydroxyl groups is 1. The number of aliphatic hydroxyl groups excluding tert-OH is 1. The molecule has 15 heavy (non-hydrogen) atoms. The molecule has 1 aliphatic carbocycles. The average Bonchev–Trinajstić information content (AvgIpc) is 2.30. The average molecular weight is 213 g/mol. The van der Waals surface area contributed by atoms with Gasteiger partial charge in [0.1, 0.15) is 0 Å². The number of nitrogens with zero attached hydrogens (tertiary/aromatic N) is 1. The molecule has 2 nitrogen and oxygen atoms in total. The highest BCUT2D eigenvalue weighted by Gasteiger charge is 2.16. The predicted molar refractivity (Wildman–Crippen MR) is 65.1 cm³/mol. The number of rotatable bonds is 7. The van der Waals surface area contributed by atoms with Crippen molar-refractivity contribution in [3.05, 3.63) is 0 Å². The molecule has 0 bridgehead atoms. The Morgan fingerprint density at radius 2 is 1.67 bits per heavy atom. The van der Waals surface area contributed by atoms with Crippen LogP contribution < -0.4 is 0 Å². The molecule has 0 atom stereocenters. The fourth-order valence-electron chi connectivity index (χ4n) is 2.53. The molecule has 0 saturated heterocycles. The summed E-state index contributed by atoms with van der Waals surface area (Å²) in [5.41, 5.74) is 0. The lowest BCUT2D eigenvalue weighted by Gasteiger charge is -2.31. The van der Waals surface area contributed by atoms with Crippen molar-refractivity contribution in [1.82, 2.24) is 4.90 Å². The highest BCUT2D eigenvalue weighted by molar-refractivity contribution is 4.73. The van der Waals surface area contributed by atoms with E-state index >= 15 is 0 Å². The first-order valence-corrected chi connectivity index (χ1v) is 6.65. The maximum absolute atomic E-state index is 8.67. The highest BCUT2D eigenvalue weighted by atomic mass is 16.2. The molecule has 1 aliphatic rings. The van der Waals surface area contributed by atoms with Crippen LogP contribution in [0.15, 0.2) is 0 Å². The molecule has 0 aromatic carbocycles. The van der Waals surface area contributed by atoms with Crippen molar-refractivity contribution in [1.29, 1.82) is 0 Å². The Kier molecular flexibility index (Phi) is 7.03. The van der Waals surface area contributed by atoms with E-state index in [9.17, 15) is 0 Å². The minimum Gasteiger partial charge on any atom is -0.396 e. The molecule has 0 unspecified atom stereocenters. The zero-order valence-corrected chi connectivity index (χ0v) is 10.2. The predicted octanol–water partition coefficient (Wildman–Crippen LogP) is 2.80. The molecule has 1 saturated carbocycles. The third kappa shape index (κ3) is 5.53. The van der Waals surface area contributed by atoms with E-state index in [0.717, 1.165) is 12.5 Å².